The largest absolute Gasteiger partial charge is 0.332 e. The van der Waals surface area contributed by atoms with Crippen LogP contribution in [0.2, 0.25) is 0 Å². The van der Waals surface area contributed by atoms with E-state index in [0.29, 0.717) is 0 Å². The van der Waals surface area contributed by atoms with Gasteiger partial charge in [0.2, 0.25) is 0 Å². The molecule has 0 aliphatic carbocycles. The number of rotatable bonds is 4. The van der Waals surface area contributed by atoms with Crippen LogP contribution >= 0.6 is 0 Å². The highest BCUT2D eigenvalue weighted by atomic mass is 16.6. The van der Waals surface area contributed by atoms with Crippen molar-refractivity contribution in [2.75, 3.05) is 26.2 Å². The second-order valence-corrected chi connectivity index (χ2v) is 8.10. The van der Waals surface area contributed by atoms with Crippen LogP contribution in [-0.4, -0.2) is 37.1 Å². The van der Waals surface area contributed by atoms with E-state index in [1.165, 1.54) is 37.3 Å². The Morgan fingerprint density at radius 2 is 1.75 bits per heavy atom. The summed E-state index contributed by atoms with van der Waals surface area (Å²) >= 11 is 0. The zero-order chi connectivity index (χ0) is 17.1. The molecule has 2 saturated heterocycles. The number of benzene rings is 1. The average molecular weight is 333 g/mol. The quantitative estimate of drug-likeness (QED) is 0.630. The molecule has 5 heteroatoms. The number of nitro groups is 1. The van der Waals surface area contributed by atoms with E-state index in [2.05, 4.69) is 13.8 Å². The number of nitrogens with zero attached hydrogens (tertiary/aromatic N) is 1. The predicted octanol–water partition coefficient (Wildman–Crippen LogP) is 0.703. The first kappa shape index (κ1) is 17.4. The van der Waals surface area contributed by atoms with Crippen LogP contribution in [0.3, 0.4) is 0 Å². The summed E-state index contributed by atoms with van der Waals surface area (Å²) in [6.07, 6.45) is 3.89. The fourth-order valence-corrected chi connectivity index (χ4v) is 4.88. The van der Waals surface area contributed by atoms with Crippen LogP contribution in [0.4, 0.5) is 5.69 Å². The summed E-state index contributed by atoms with van der Waals surface area (Å²) < 4.78 is 0. The second kappa shape index (κ2) is 7.62. The van der Waals surface area contributed by atoms with E-state index in [9.17, 15) is 10.1 Å². The van der Waals surface area contributed by atoms with E-state index in [1.807, 2.05) is 17.0 Å². The number of hydrogen-bond acceptors (Lipinski definition) is 2. The summed E-state index contributed by atoms with van der Waals surface area (Å²) in [7, 11) is 0. The van der Waals surface area contributed by atoms with Crippen molar-refractivity contribution in [1.29, 1.82) is 0 Å². The topological polar surface area (TPSA) is 52.0 Å². The Kier molecular flexibility index (Phi) is 5.51. The van der Waals surface area contributed by atoms with Crippen molar-refractivity contribution in [3.05, 3.63) is 39.9 Å². The molecular formula is C19H31N3O2+2. The summed E-state index contributed by atoms with van der Waals surface area (Å²) in [5.74, 6) is 1.70. The van der Waals surface area contributed by atoms with Crippen LogP contribution in [0.5, 0.6) is 0 Å². The molecule has 132 valence electrons. The van der Waals surface area contributed by atoms with E-state index in [1.54, 1.807) is 12.1 Å². The molecule has 2 heterocycles. The number of hydrogen-bond donors (Lipinski definition) is 2. The van der Waals surface area contributed by atoms with Gasteiger partial charge >= 0.3 is 0 Å². The lowest BCUT2D eigenvalue weighted by molar-refractivity contribution is -0.969. The summed E-state index contributed by atoms with van der Waals surface area (Å²) in [4.78, 5) is 14.2. The Morgan fingerprint density at radius 3 is 2.38 bits per heavy atom. The van der Waals surface area contributed by atoms with Gasteiger partial charge in [-0.25, -0.2) is 0 Å². The SMILES string of the molecule is C[C@@H]1C[C@@H](C)C[NH+](C2CC[NH+](Cc3ccccc3[N+](=O)[O-])CC2)C1. The van der Waals surface area contributed by atoms with Crippen LogP contribution in [0, 0.1) is 22.0 Å². The Labute approximate surface area is 144 Å². The first-order chi connectivity index (χ1) is 11.5. The summed E-state index contributed by atoms with van der Waals surface area (Å²) in [5, 5.41) is 11.2. The standard InChI is InChI=1S/C19H29N3O2/c1-15-11-16(2)13-21(12-15)18-7-9-20(10-8-18)14-17-5-3-4-6-19(17)22(23)24/h3-6,15-16,18H,7-14H2,1-2H3/p+2/t15-,16-/m1/s1. The van der Waals surface area contributed by atoms with Gasteiger partial charge in [0.1, 0.15) is 6.54 Å². The fourth-order valence-electron chi connectivity index (χ4n) is 4.88. The highest BCUT2D eigenvalue weighted by molar-refractivity contribution is 5.39. The molecule has 0 unspecified atom stereocenters. The molecule has 2 fully saturated rings. The summed E-state index contributed by atoms with van der Waals surface area (Å²) in [5.41, 5.74) is 1.15. The number of nitro benzene ring substituents is 1. The third-order valence-electron chi connectivity index (χ3n) is 5.92. The van der Waals surface area contributed by atoms with E-state index in [4.69, 9.17) is 0 Å². The molecule has 0 amide bonds. The Morgan fingerprint density at radius 1 is 1.12 bits per heavy atom. The van der Waals surface area contributed by atoms with Gasteiger partial charge in [-0.3, -0.25) is 10.1 Å². The van der Waals surface area contributed by atoms with Gasteiger partial charge in [0, 0.05) is 30.7 Å². The van der Waals surface area contributed by atoms with Crippen molar-refractivity contribution in [2.24, 2.45) is 11.8 Å². The van der Waals surface area contributed by atoms with Gasteiger partial charge in [0.05, 0.1) is 42.7 Å². The van der Waals surface area contributed by atoms with Crippen molar-refractivity contribution >= 4 is 5.69 Å². The monoisotopic (exact) mass is 333 g/mol. The Balaban J connectivity index is 1.55. The van der Waals surface area contributed by atoms with Crippen molar-refractivity contribution in [3.8, 4) is 0 Å². The molecule has 3 rings (SSSR count). The van der Waals surface area contributed by atoms with Crippen molar-refractivity contribution in [1.82, 2.24) is 0 Å². The van der Waals surface area contributed by atoms with Crippen LogP contribution in [0.1, 0.15) is 38.7 Å². The second-order valence-electron chi connectivity index (χ2n) is 8.10. The lowest BCUT2D eigenvalue weighted by Crippen LogP contribution is -3.21. The number of quaternary nitrogens is 2. The Bertz CT molecular complexity index is 559. The third-order valence-corrected chi connectivity index (χ3v) is 5.92. The first-order valence-corrected chi connectivity index (χ1v) is 9.43. The molecule has 1 aromatic carbocycles. The number of likely N-dealkylation sites (tertiary alicyclic amines) is 2. The number of para-hydroxylation sites is 1. The van der Waals surface area contributed by atoms with Crippen molar-refractivity contribution in [3.63, 3.8) is 0 Å². The predicted molar refractivity (Wildman–Crippen MR) is 94.2 cm³/mol. The van der Waals surface area contributed by atoms with Gasteiger partial charge in [-0.15, -0.1) is 0 Å². The van der Waals surface area contributed by atoms with Gasteiger partial charge < -0.3 is 9.80 Å². The van der Waals surface area contributed by atoms with Gasteiger partial charge in [0.15, 0.2) is 0 Å². The van der Waals surface area contributed by atoms with E-state index in [0.717, 1.165) is 43.1 Å². The zero-order valence-electron chi connectivity index (χ0n) is 15.0. The van der Waals surface area contributed by atoms with E-state index in [-0.39, 0.29) is 10.6 Å². The molecule has 0 radical (unpaired) electrons. The molecule has 2 aliphatic rings. The van der Waals surface area contributed by atoms with E-state index >= 15 is 0 Å². The number of nitrogens with one attached hydrogen (secondary N) is 2. The maximum atomic E-state index is 11.2. The summed E-state index contributed by atoms with van der Waals surface area (Å²) in [6, 6.07) is 8.00. The van der Waals surface area contributed by atoms with Gasteiger partial charge in [0.25, 0.3) is 5.69 Å². The minimum Gasteiger partial charge on any atom is -0.332 e. The van der Waals surface area contributed by atoms with Crippen molar-refractivity contribution in [2.45, 2.75) is 45.7 Å². The molecule has 2 atom stereocenters. The molecule has 0 bridgehead atoms. The van der Waals surface area contributed by atoms with Crippen LogP contribution in [0.25, 0.3) is 0 Å². The minimum absolute atomic E-state index is 0.248. The maximum absolute atomic E-state index is 11.2. The molecule has 5 nitrogen and oxygen atoms in total. The molecule has 2 N–H and O–H groups in total. The number of piperidine rings is 2. The van der Waals surface area contributed by atoms with E-state index < -0.39 is 0 Å². The lowest BCUT2D eigenvalue weighted by atomic mass is 9.89. The van der Waals surface area contributed by atoms with Crippen LogP contribution in [-0.2, 0) is 6.54 Å². The smallest absolute Gasteiger partial charge is 0.278 e. The molecule has 0 saturated carbocycles. The first-order valence-electron chi connectivity index (χ1n) is 9.43. The molecule has 24 heavy (non-hydrogen) atoms. The summed E-state index contributed by atoms with van der Waals surface area (Å²) in [6.45, 7) is 10.5. The lowest BCUT2D eigenvalue weighted by Gasteiger charge is -2.39. The zero-order valence-corrected chi connectivity index (χ0v) is 15.0. The van der Waals surface area contributed by atoms with Gasteiger partial charge in [-0.05, 0) is 12.5 Å². The molecule has 1 aromatic rings. The maximum Gasteiger partial charge on any atom is 0.278 e. The molecular weight excluding hydrogens is 302 g/mol. The normalized spacial score (nSPS) is 34.0. The van der Waals surface area contributed by atoms with Crippen LogP contribution in [0.15, 0.2) is 24.3 Å². The average Bonchev–Trinajstić information content (AvgIpc) is 2.55. The highest BCUT2D eigenvalue weighted by Crippen LogP contribution is 2.17. The fraction of sp³-hybridized carbons (Fsp3) is 0.684. The molecule has 0 aromatic heterocycles. The minimum atomic E-state index is -0.248. The van der Waals surface area contributed by atoms with Crippen molar-refractivity contribution < 1.29 is 14.7 Å². The van der Waals surface area contributed by atoms with Gasteiger partial charge in [-0.1, -0.05) is 26.0 Å². The molecule has 0 spiro atoms. The van der Waals surface area contributed by atoms with Gasteiger partial charge in [-0.2, -0.15) is 0 Å². The molecule has 2 aliphatic heterocycles. The highest BCUT2D eigenvalue weighted by Gasteiger charge is 2.35. The Hall–Kier alpha value is -1.46. The third kappa shape index (κ3) is 4.14. The van der Waals surface area contributed by atoms with Crippen LogP contribution < -0.4 is 9.80 Å².